The van der Waals surface area contributed by atoms with E-state index in [1.807, 2.05) is 0 Å². The molecule has 104 valence electrons. The Morgan fingerprint density at radius 1 is 1.40 bits per heavy atom. The minimum Gasteiger partial charge on any atom is -0.545 e. The molecular formula is C12H11N4O3S-. The molecule has 0 spiro atoms. The van der Waals surface area contributed by atoms with E-state index in [1.165, 1.54) is 28.0 Å². The number of carbonyl (C=O) groups excluding carboxylic acids is 2. The topological polar surface area (TPSA) is 88.4 Å². The van der Waals surface area contributed by atoms with E-state index in [0.29, 0.717) is 10.8 Å². The van der Waals surface area contributed by atoms with Gasteiger partial charge >= 0.3 is 0 Å². The van der Waals surface area contributed by atoms with Crippen molar-refractivity contribution in [2.75, 3.05) is 14.1 Å². The fraction of sp³-hybridized carbons (Fsp3) is 0.250. The maximum atomic E-state index is 11.9. The number of hydrogen-bond donors (Lipinski definition) is 0. The van der Waals surface area contributed by atoms with Gasteiger partial charge in [-0.15, -0.1) is 0 Å². The number of carbonyl (C=O) groups is 2. The molecule has 1 aliphatic rings. The lowest BCUT2D eigenvalue weighted by molar-refractivity contribution is -0.255. The molecule has 8 heteroatoms. The van der Waals surface area contributed by atoms with Gasteiger partial charge < -0.3 is 14.8 Å². The Bertz CT molecular complexity index is 616. The molecule has 1 unspecified atom stereocenters. The zero-order valence-electron chi connectivity index (χ0n) is 10.8. The Morgan fingerprint density at radius 2 is 2.10 bits per heavy atom. The van der Waals surface area contributed by atoms with Gasteiger partial charge in [0.1, 0.15) is 0 Å². The van der Waals surface area contributed by atoms with E-state index in [-0.39, 0.29) is 11.5 Å². The monoisotopic (exact) mass is 291 g/mol. The van der Waals surface area contributed by atoms with E-state index in [2.05, 4.69) is 10.2 Å². The number of thiocarbonyl (C=S) groups is 1. The molecule has 0 bridgehead atoms. The first-order valence-electron chi connectivity index (χ1n) is 5.68. The Morgan fingerprint density at radius 3 is 2.65 bits per heavy atom. The van der Waals surface area contributed by atoms with Gasteiger partial charge in [-0.05, 0) is 29.9 Å². The van der Waals surface area contributed by atoms with Crippen molar-refractivity contribution in [3.8, 4) is 0 Å². The van der Waals surface area contributed by atoms with Crippen LogP contribution >= 0.6 is 12.2 Å². The summed E-state index contributed by atoms with van der Waals surface area (Å²) in [7, 11) is 3.21. The van der Waals surface area contributed by atoms with E-state index < -0.39 is 12.1 Å². The first-order chi connectivity index (χ1) is 9.41. The number of nitrogens with zero attached hydrogens (tertiary/aromatic N) is 4. The summed E-state index contributed by atoms with van der Waals surface area (Å²) in [5.41, 5.74) is 0.327. The van der Waals surface area contributed by atoms with Crippen molar-refractivity contribution >= 4 is 34.9 Å². The molecule has 1 aromatic rings. The van der Waals surface area contributed by atoms with Crippen LogP contribution in [-0.4, -0.2) is 47.0 Å². The third-order valence-electron chi connectivity index (χ3n) is 2.87. The fourth-order valence-electron chi connectivity index (χ4n) is 1.72. The van der Waals surface area contributed by atoms with E-state index in [1.54, 1.807) is 20.2 Å². The van der Waals surface area contributed by atoms with Crippen molar-refractivity contribution in [2.24, 2.45) is 10.2 Å². The summed E-state index contributed by atoms with van der Waals surface area (Å²) < 4.78 is 0. The van der Waals surface area contributed by atoms with Crippen molar-refractivity contribution in [1.29, 1.82) is 0 Å². The van der Waals surface area contributed by atoms with Crippen LogP contribution < -0.4 is 5.11 Å². The molecule has 7 nitrogen and oxygen atoms in total. The van der Waals surface area contributed by atoms with E-state index in [9.17, 15) is 14.7 Å². The van der Waals surface area contributed by atoms with Gasteiger partial charge in [-0.3, -0.25) is 9.69 Å². The van der Waals surface area contributed by atoms with Crippen molar-refractivity contribution < 1.29 is 14.7 Å². The maximum Gasteiger partial charge on any atom is 0.275 e. The van der Waals surface area contributed by atoms with Crippen molar-refractivity contribution in [3.63, 3.8) is 0 Å². The number of hydrogen-bond acceptors (Lipinski definition) is 6. The molecular weight excluding hydrogens is 280 g/mol. The lowest BCUT2D eigenvalue weighted by Gasteiger charge is -2.13. The van der Waals surface area contributed by atoms with Crippen LogP contribution in [-0.2, 0) is 4.79 Å². The smallest absolute Gasteiger partial charge is 0.275 e. The van der Waals surface area contributed by atoms with Crippen LogP contribution in [0.4, 0.5) is 5.69 Å². The summed E-state index contributed by atoms with van der Waals surface area (Å²) in [4.78, 5) is 25.4. The quantitative estimate of drug-likeness (QED) is 0.584. The molecule has 0 saturated carbocycles. The van der Waals surface area contributed by atoms with Crippen LogP contribution in [0.2, 0.25) is 0 Å². The maximum absolute atomic E-state index is 11.9. The first-order valence-corrected chi connectivity index (χ1v) is 6.09. The molecule has 20 heavy (non-hydrogen) atoms. The molecule has 1 fully saturated rings. The van der Waals surface area contributed by atoms with Crippen LogP contribution in [0.15, 0.2) is 34.5 Å². The summed E-state index contributed by atoms with van der Waals surface area (Å²) in [6.07, 6.45) is -0.820. The standard InChI is InChI=1S/C12H12N4O3S/c1-15-9(10(17)16(2)12(15)20)14-13-8-5-3-4-7(6-8)11(18)19/h3-6,9H,1-2H3,(H,18,19)/p-1. The van der Waals surface area contributed by atoms with Gasteiger partial charge in [-0.1, -0.05) is 12.1 Å². The summed E-state index contributed by atoms with van der Waals surface area (Å²) >= 11 is 5.05. The van der Waals surface area contributed by atoms with E-state index >= 15 is 0 Å². The molecule has 0 radical (unpaired) electrons. The Labute approximate surface area is 120 Å². The van der Waals surface area contributed by atoms with Gasteiger partial charge in [0, 0.05) is 14.1 Å². The second-order valence-corrected chi connectivity index (χ2v) is 4.58. The summed E-state index contributed by atoms with van der Waals surface area (Å²) in [6.45, 7) is 0. The van der Waals surface area contributed by atoms with Crippen LogP contribution in [0.5, 0.6) is 0 Å². The van der Waals surface area contributed by atoms with Crippen LogP contribution in [0.3, 0.4) is 0 Å². The average molecular weight is 291 g/mol. The third-order valence-corrected chi connectivity index (χ3v) is 3.43. The number of aromatic carboxylic acids is 1. The number of carboxylic acid groups (broad SMARTS) is 1. The molecule has 2 rings (SSSR count). The highest BCUT2D eigenvalue weighted by atomic mass is 32.1. The predicted molar refractivity (Wildman–Crippen MR) is 72.2 cm³/mol. The highest BCUT2D eigenvalue weighted by Crippen LogP contribution is 2.19. The molecule has 1 amide bonds. The number of azo groups is 1. The van der Waals surface area contributed by atoms with Gasteiger partial charge in [0.25, 0.3) is 5.91 Å². The molecule has 1 atom stereocenters. The number of rotatable bonds is 3. The largest absolute Gasteiger partial charge is 0.545 e. The number of likely N-dealkylation sites (N-methyl/N-ethyl adjacent to an activating group) is 2. The van der Waals surface area contributed by atoms with Gasteiger partial charge in [0.15, 0.2) is 5.11 Å². The van der Waals surface area contributed by atoms with Crippen molar-refractivity contribution in [2.45, 2.75) is 6.17 Å². The van der Waals surface area contributed by atoms with Crippen LogP contribution in [0.1, 0.15) is 10.4 Å². The first kappa shape index (κ1) is 14.1. The number of benzene rings is 1. The summed E-state index contributed by atoms with van der Waals surface area (Å²) in [5, 5.41) is 18.9. The van der Waals surface area contributed by atoms with Gasteiger partial charge in [0.2, 0.25) is 6.17 Å². The van der Waals surface area contributed by atoms with Gasteiger partial charge in [-0.25, -0.2) is 0 Å². The fourth-order valence-corrected chi connectivity index (χ4v) is 1.91. The molecule has 1 aromatic carbocycles. The molecule has 0 aliphatic carbocycles. The molecule has 0 aromatic heterocycles. The number of amides is 1. The molecule has 1 saturated heterocycles. The number of carboxylic acids is 1. The Hall–Kier alpha value is -2.35. The summed E-state index contributed by atoms with van der Waals surface area (Å²) in [5.74, 6) is -1.57. The van der Waals surface area contributed by atoms with Gasteiger partial charge in [0.05, 0.1) is 11.7 Å². The van der Waals surface area contributed by atoms with Crippen molar-refractivity contribution in [1.82, 2.24) is 9.80 Å². The van der Waals surface area contributed by atoms with E-state index in [0.717, 1.165) is 0 Å². The highest BCUT2D eigenvalue weighted by Gasteiger charge is 2.38. The third kappa shape index (κ3) is 2.50. The Balaban J connectivity index is 2.22. The minimum atomic E-state index is -1.29. The van der Waals surface area contributed by atoms with Crippen LogP contribution in [0.25, 0.3) is 0 Å². The minimum absolute atomic E-state index is 0.000178. The SMILES string of the molecule is CN1C(=O)C(N=Nc2cccc(C(=O)[O-])c2)N(C)C1=S. The normalized spacial score (nSPS) is 19.2. The second-order valence-electron chi connectivity index (χ2n) is 4.22. The lowest BCUT2D eigenvalue weighted by Crippen LogP contribution is -2.28. The zero-order valence-corrected chi connectivity index (χ0v) is 11.6. The van der Waals surface area contributed by atoms with Gasteiger partial charge in [-0.2, -0.15) is 10.2 Å². The average Bonchev–Trinajstić information content (AvgIpc) is 2.62. The lowest BCUT2D eigenvalue weighted by atomic mass is 10.2. The Kier molecular flexibility index (Phi) is 3.75. The second kappa shape index (κ2) is 5.33. The summed E-state index contributed by atoms with van der Waals surface area (Å²) in [6, 6.07) is 5.82. The molecule has 0 N–H and O–H groups in total. The zero-order chi connectivity index (χ0) is 14.9. The van der Waals surface area contributed by atoms with Crippen molar-refractivity contribution in [3.05, 3.63) is 29.8 Å². The predicted octanol–water partition coefficient (Wildman–Crippen LogP) is 0.149. The molecule has 1 aliphatic heterocycles. The highest BCUT2D eigenvalue weighted by molar-refractivity contribution is 7.80. The van der Waals surface area contributed by atoms with E-state index in [4.69, 9.17) is 12.2 Å². The van der Waals surface area contributed by atoms with Crippen LogP contribution in [0, 0.1) is 0 Å². The molecule has 1 heterocycles.